The van der Waals surface area contributed by atoms with Crippen molar-refractivity contribution in [2.45, 2.75) is 44.7 Å². The quantitative estimate of drug-likeness (QED) is 0.267. The lowest BCUT2D eigenvalue weighted by molar-refractivity contribution is -0.143. The van der Waals surface area contributed by atoms with Gasteiger partial charge >= 0.3 is 12.4 Å². The molecule has 6 nitrogen and oxygen atoms in total. The highest BCUT2D eigenvalue weighted by Gasteiger charge is 2.39. The second-order valence-corrected chi connectivity index (χ2v) is 11.5. The first-order chi connectivity index (χ1) is 20.8. The Bertz CT molecular complexity index is 1280. The Kier molecular flexibility index (Phi) is 11.1. The Labute approximate surface area is 254 Å². The van der Waals surface area contributed by atoms with E-state index in [0.29, 0.717) is 58.0 Å². The van der Waals surface area contributed by atoms with Crippen LogP contribution in [0.25, 0.3) is 0 Å². The monoisotopic (exact) mass is 627 g/mol. The number of benzene rings is 2. The Morgan fingerprint density at radius 3 is 2.23 bits per heavy atom. The number of hydrogen-bond acceptors (Lipinski definition) is 5. The molecule has 44 heavy (non-hydrogen) atoms. The van der Waals surface area contributed by atoms with Crippen molar-refractivity contribution < 1.29 is 40.6 Å². The lowest BCUT2D eigenvalue weighted by Crippen LogP contribution is -2.56. The van der Waals surface area contributed by atoms with E-state index >= 15 is 0 Å². The highest BCUT2D eigenvalue weighted by molar-refractivity contribution is 5.95. The molecule has 4 rings (SSSR count). The minimum absolute atomic E-state index is 0.0437. The van der Waals surface area contributed by atoms with Gasteiger partial charge in [-0.05, 0) is 55.2 Å². The summed E-state index contributed by atoms with van der Waals surface area (Å²) >= 11 is 0. The van der Waals surface area contributed by atoms with Crippen molar-refractivity contribution in [2.75, 3.05) is 66.2 Å². The number of methoxy groups -OCH3 is 1. The topological polar surface area (TPSA) is 45.3 Å². The van der Waals surface area contributed by atoms with Crippen molar-refractivity contribution in [1.29, 1.82) is 0 Å². The minimum atomic E-state index is -5.04. The zero-order valence-corrected chi connectivity index (χ0v) is 25.2. The number of amides is 1. The number of hydrogen-bond donors (Lipinski definition) is 0. The van der Waals surface area contributed by atoms with Crippen LogP contribution in [0.3, 0.4) is 0 Å². The van der Waals surface area contributed by atoms with E-state index in [0.717, 1.165) is 29.8 Å². The summed E-state index contributed by atoms with van der Waals surface area (Å²) in [5, 5.41) is 0. The molecule has 12 heteroatoms. The smallest absolute Gasteiger partial charge is 0.383 e. The molecule has 0 bridgehead atoms. The highest BCUT2D eigenvalue weighted by atomic mass is 19.4. The van der Waals surface area contributed by atoms with Gasteiger partial charge in [0.05, 0.1) is 37.0 Å². The van der Waals surface area contributed by atoms with E-state index in [1.54, 1.807) is 7.11 Å². The van der Waals surface area contributed by atoms with Crippen LogP contribution in [0.4, 0.5) is 26.3 Å². The van der Waals surface area contributed by atoms with Crippen molar-refractivity contribution in [3.8, 4) is 0 Å². The van der Waals surface area contributed by atoms with Gasteiger partial charge in [0.25, 0.3) is 5.91 Å². The summed E-state index contributed by atoms with van der Waals surface area (Å²) in [6, 6.07) is 6.69. The Morgan fingerprint density at radius 1 is 0.909 bits per heavy atom. The average molecular weight is 628 g/mol. The van der Waals surface area contributed by atoms with Crippen LogP contribution in [-0.4, -0.2) is 98.9 Å². The van der Waals surface area contributed by atoms with E-state index in [-0.39, 0.29) is 18.7 Å². The third kappa shape index (κ3) is 8.83. The molecular formula is C32H39F6N3O3. The van der Waals surface area contributed by atoms with Gasteiger partial charge in [0.1, 0.15) is 0 Å². The fourth-order valence-electron chi connectivity index (χ4n) is 5.68. The van der Waals surface area contributed by atoms with Gasteiger partial charge < -0.3 is 14.4 Å². The summed E-state index contributed by atoms with van der Waals surface area (Å²) < 4.78 is 92.0. The first-order valence-corrected chi connectivity index (χ1v) is 14.6. The van der Waals surface area contributed by atoms with Gasteiger partial charge in [-0.25, -0.2) is 0 Å². The standard InChI is InChI=1S/C32H39F6N3O3/c1-22-6-7-24(14-23(22)2)15-28-19-39(8-4-5-9-40-12-13-44-21-29(40)20-43-3)10-11-41(28)30(42)25-16-26(31(33,34)35)18-27(17-25)32(36,37)38/h4-7,14,16-18,28-29H,8-13,15,19-21H2,1-3H3/b5-4+/t28-,29+/m1/s1. The van der Waals surface area contributed by atoms with Crippen LogP contribution < -0.4 is 0 Å². The summed E-state index contributed by atoms with van der Waals surface area (Å²) in [6.07, 6.45) is -5.54. The van der Waals surface area contributed by atoms with Crippen LogP contribution in [0.2, 0.25) is 0 Å². The average Bonchev–Trinajstić information content (AvgIpc) is 2.97. The summed E-state index contributed by atoms with van der Waals surface area (Å²) in [5.41, 5.74) is -0.546. The molecular weight excluding hydrogens is 588 g/mol. The van der Waals surface area contributed by atoms with Gasteiger partial charge in [0.2, 0.25) is 0 Å². The number of rotatable bonds is 9. The molecule has 0 saturated carbocycles. The number of alkyl halides is 6. The number of piperazine rings is 1. The third-order valence-electron chi connectivity index (χ3n) is 8.28. The maximum absolute atomic E-state index is 13.6. The molecule has 2 aromatic rings. The number of morpholine rings is 1. The molecule has 0 N–H and O–H groups in total. The molecule has 2 aliphatic rings. The first-order valence-electron chi connectivity index (χ1n) is 14.6. The number of nitrogens with zero attached hydrogens (tertiary/aromatic N) is 3. The molecule has 2 aliphatic heterocycles. The number of carbonyl (C=O) groups excluding carboxylic acids is 1. The van der Waals surface area contributed by atoms with Gasteiger partial charge in [0, 0.05) is 58.0 Å². The Hall–Kier alpha value is -2.93. The van der Waals surface area contributed by atoms with Crippen LogP contribution in [0.1, 0.15) is 38.2 Å². The van der Waals surface area contributed by atoms with Crippen molar-refractivity contribution in [3.05, 3.63) is 81.9 Å². The van der Waals surface area contributed by atoms with Crippen molar-refractivity contribution in [3.63, 3.8) is 0 Å². The summed E-state index contributed by atoms with van der Waals surface area (Å²) in [6.45, 7) is 8.88. The molecule has 2 saturated heterocycles. The van der Waals surface area contributed by atoms with E-state index in [2.05, 4.69) is 15.9 Å². The van der Waals surface area contributed by atoms with Crippen LogP contribution in [0.15, 0.2) is 48.6 Å². The summed E-state index contributed by atoms with van der Waals surface area (Å²) in [4.78, 5) is 19.5. The second kappa shape index (κ2) is 14.4. The first kappa shape index (κ1) is 34.0. The maximum Gasteiger partial charge on any atom is 0.416 e. The summed E-state index contributed by atoms with van der Waals surface area (Å²) in [5.74, 6) is -0.845. The molecule has 0 aromatic heterocycles. The number of carbonyl (C=O) groups is 1. The Balaban J connectivity index is 1.53. The minimum Gasteiger partial charge on any atom is -0.383 e. The molecule has 2 aromatic carbocycles. The van der Waals surface area contributed by atoms with Crippen molar-refractivity contribution >= 4 is 5.91 Å². The maximum atomic E-state index is 13.6. The molecule has 0 unspecified atom stereocenters. The predicted molar refractivity (Wildman–Crippen MR) is 155 cm³/mol. The van der Waals surface area contributed by atoms with E-state index in [1.165, 1.54) is 4.90 Å². The fraction of sp³-hybridized carbons (Fsp3) is 0.531. The molecule has 0 aliphatic carbocycles. The van der Waals surface area contributed by atoms with Crippen molar-refractivity contribution in [1.82, 2.24) is 14.7 Å². The third-order valence-corrected chi connectivity index (χ3v) is 8.28. The van der Waals surface area contributed by atoms with Gasteiger partial charge in [-0.15, -0.1) is 0 Å². The molecule has 0 radical (unpaired) electrons. The fourth-order valence-corrected chi connectivity index (χ4v) is 5.68. The van der Waals surface area contributed by atoms with E-state index < -0.39 is 41.0 Å². The second-order valence-electron chi connectivity index (χ2n) is 11.5. The lowest BCUT2D eigenvalue weighted by atomic mass is 9.97. The van der Waals surface area contributed by atoms with Crippen LogP contribution in [0, 0.1) is 13.8 Å². The molecule has 2 atom stereocenters. The zero-order chi connectivity index (χ0) is 32.1. The van der Waals surface area contributed by atoms with Crippen molar-refractivity contribution in [2.24, 2.45) is 0 Å². The number of ether oxygens (including phenoxy) is 2. The molecule has 242 valence electrons. The van der Waals surface area contributed by atoms with Gasteiger partial charge in [-0.1, -0.05) is 30.4 Å². The molecule has 2 fully saturated rings. The van der Waals surface area contributed by atoms with Gasteiger partial charge in [-0.3, -0.25) is 14.6 Å². The normalized spacial score (nSPS) is 20.9. The highest BCUT2D eigenvalue weighted by Crippen LogP contribution is 2.37. The molecule has 0 spiro atoms. The number of halogens is 6. The van der Waals surface area contributed by atoms with Gasteiger partial charge in [0.15, 0.2) is 0 Å². The van der Waals surface area contributed by atoms with Gasteiger partial charge in [-0.2, -0.15) is 26.3 Å². The van der Waals surface area contributed by atoms with E-state index in [1.807, 2.05) is 38.1 Å². The van der Waals surface area contributed by atoms with Crippen LogP contribution in [-0.2, 0) is 28.2 Å². The molecule has 1 amide bonds. The number of aryl methyl sites for hydroxylation is 2. The summed E-state index contributed by atoms with van der Waals surface area (Å²) in [7, 11) is 1.66. The lowest BCUT2D eigenvalue weighted by Gasteiger charge is -2.41. The predicted octanol–water partition coefficient (Wildman–Crippen LogP) is 5.61. The Morgan fingerprint density at radius 2 is 1.59 bits per heavy atom. The van der Waals surface area contributed by atoms with Crippen LogP contribution in [0.5, 0.6) is 0 Å². The van der Waals surface area contributed by atoms with E-state index in [4.69, 9.17) is 9.47 Å². The SMILES string of the molecule is COC[C@H]1COCCN1C/C=C/CN1CCN(C(=O)c2cc(C(F)(F)F)cc(C(F)(F)F)c2)[C@H](Cc2ccc(C)c(C)c2)C1. The van der Waals surface area contributed by atoms with Crippen LogP contribution >= 0.6 is 0 Å². The van der Waals surface area contributed by atoms with E-state index in [9.17, 15) is 31.1 Å². The zero-order valence-electron chi connectivity index (χ0n) is 25.2. The molecule has 2 heterocycles. The largest absolute Gasteiger partial charge is 0.416 e.